The first-order valence-corrected chi connectivity index (χ1v) is 10.6. The van der Waals surface area contributed by atoms with Gasteiger partial charge in [-0.3, -0.25) is 19.4 Å². The maximum Gasteiger partial charge on any atom is 0.251 e. The Balaban J connectivity index is 1.81. The zero-order valence-corrected chi connectivity index (χ0v) is 17.8. The van der Waals surface area contributed by atoms with E-state index in [0.717, 1.165) is 0 Å². The molecule has 1 aromatic heterocycles. The summed E-state index contributed by atoms with van der Waals surface area (Å²) in [4.78, 5) is 44.6. The molecule has 1 amide bonds. The van der Waals surface area contributed by atoms with E-state index in [1.165, 1.54) is 0 Å². The molecule has 0 bridgehead atoms. The van der Waals surface area contributed by atoms with Crippen LogP contribution >= 0.6 is 0 Å². The fourth-order valence-electron chi connectivity index (χ4n) is 3.73. The lowest BCUT2D eigenvalue weighted by molar-refractivity contribution is 0.0754. The monoisotopic (exact) mass is 434 g/mol. The minimum absolute atomic E-state index is 0.361. The average molecular weight is 434 g/mol. The van der Waals surface area contributed by atoms with E-state index in [4.69, 9.17) is 0 Å². The van der Waals surface area contributed by atoms with Gasteiger partial charge in [-0.25, -0.2) is 0 Å². The molecule has 0 fully saturated rings. The first kappa shape index (κ1) is 21.8. The normalized spacial score (nSPS) is 11.5. The Labute approximate surface area is 192 Å². The lowest BCUT2D eigenvalue weighted by Gasteiger charge is -2.27. The third-order valence-electron chi connectivity index (χ3n) is 5.40. The van der Waals surface area contributed by atoms with E-state index >= 15 is 0 Å². The molecule has 0 aliphatic carbocycles. The number of aromatic nitrogens is 1. The number of hydrogen-bond acceptors (Lipinski definition) is 4. The second-order valence-corrected chi connectivity index (χ2v) is 7.54. The molecule has 1 N–H and O–H groups in total. The van der Waals surface area contributed by atoms with Crippen molar-refractivity contribution in [2.45, 2.75) is 6.04 Å². The quantitative estimate of drug-likeness (QED) is 0.315. The number of ketones is 2. The Morgan fingerprint density at radius 1 is 0.576 bits per heavy atom. The lowest BCUT2D eigenvalue weighted by atomic mass is 9.81. The largest absolute Gasteiger partial charge is 0.344 e. The number of nitrogens with one attached hydrogen (secondary N) is 1. The first-order chi connectivity index (χ1) is 16.1. The van der Waals surface area contributed by atoms with Crippen LogP contribution in [0.2, 0.25) is 0 Å². The van der Waals surface area contributed by atoms with Crippen LogP contribution in [0.25, 0.3) is 0 Å². The summed E-state index contributed by atoms with van der Waals surface area (Å²) in [6.45, 7) is 0. The van der Waals surface area contributed by atoms with Crippen molar-refractivity contribution in [1.29, 1.82) is 0 Å². The minimum Gasteiger partial charge on any atom is -0.344 e. The first-order valence-electron chi connectivity index (χ1n) is 10.6. The fraction of sp³-hybridized carbons (Fsp3) is 0.0714. The second-order valence-electron chi connectivity index (χ2n) is 7.54. The van der Waals surface area contributed by atoms with E-state index in [9.17, 15) is 14.4 Å². The van der Waals surface area contributed by atoms with E-state index in [-0.39, 0.29) is 17.5 Å². The summed E-state index contributed by atoms with van der Waals surface area (Å²) >= 11 is 0. The molecule has 5 nitrogen and oxygen atoms in total. The number of hydrogen-bond donors (Lipinski definition) is 1. The number of carbonyl (C=O) groups excluding carboxylic acids is 3. The van der Waals surface area contributed by atoms with Gasteiger partial charge >= 0.3 is 0 Å². The van der Waals surface area contributed by atoms with Gasteiger partial charge in [-0.2, -0.15) is 0 Å². The SMILES string of the molecule is O=C(NC(c1ccncc1)C(C(=O)c1ccccc1)C(=O)c1ccccc1)c1ccccc1. The number of nitrogens with zero attached hydrogens (tertiary/aromatic N) is 1. The van der Waals surface area contributed by atoms with Crippen molar-refractivity contribution >= 4 is 17.5 Å². The van der Waals surface area contributed by atoms with Gasteiger partial charge in [0.15, 0.2) is 11.6 Å². The van der Waals surface area contributed by atoms with Crippen LogP contribution in [0.15, 0.2) is 116 Å². The van der Waals surface area contributed by atoms with Gasteiger partial charge in [-0.1, -0.05) is 78.9 Å². The van der Waals surface area contributed by atoms with Crippen LogP contribution in [0.4, 0.5) is 0 Å². The lowest BCUT2D eigenvalue weighted by Crippen LogP contribution is -2.41. The van der Waals surface area contributed by atoms with Gasteiger partial charge < -0.3 is 5.32 Å². The van der Waals surface area contributed by atoms with E-state index in [1.807, 2.05) is 18.2 Å². The summed E-state index contributed by atoms with van der Waals surface area (Å²) in [5, 5.41) is 2.94. The topological polar surface area (TPSA) is 76.1 Å². The summed E-state index contributed by atoms with van der Waals surface area (Å²) in [6, 6.07) is 28.6. The summed E-state index contributed by atoms with van der Waals surface area (Å²) in [5.74, 6) is -2.26. The third-order valence-corrected chi connectivity index (χ3v) is 5.40. The van der Waals surface area contributed by atoms with Gasteiger partial charge in [0.25, 0.3) is 5.91 Å². The number of Topliss-reactive ketones (excluding diaryl/α,β-unsaturated/α-hetero) is 2. The highest BCUT2D eigenvalue weighted by Gasteiger charge is 2.38. The zero-order chi connectivity index (χ0) is 23.0. The predicted molar refractivity (Wildman–Crippen MR) is 126 cm³/mol. The molecular weight excluding hydrogens is 412 g/mol. The maximum atomic E-state index is 13.7. The molecule has 0 saturated heterocycles. The molecule has 0 radical (unpaired) electrons. The van der Waals surface area contributed by atoms with Gasteiger partial charge in [-0.05, 0) is 29.8 Å². The van der Waals surface area contributed by atoms with Crippen LogP contribution in [0.3, 0.4) is 0 Å². The van der Waals surface area contributed by atoms with E-state index in [2.05, 4.69) is 10.3 Å². The Morgan fingerprint density at radius 3 is 1.45 bits per heavy atom. The Kier molecular flexibility index (Phi) is 6.81. The highest BCUT2D eigenvalue weighted by atomic mass is 16.2. The van der Waals surface area contributed by atoms with Gasteiger partial charge in [0, 0.05) is 29.1 Å². The Bertz CT molecular complexity index is 1180. The molecule has 0 aliphatic heterocycles. The molecule has 0 saturated carbocycles. The fourth-order valence-corrected chi connectivity index (χ4v) is 3.73. The van der Waals surface area contributed by atoms with Crippen molar-refractivity contribution in [3.8, 4) is 0 Å². The van der Waals surface area contributed by atoms with Crippen molar-refractivity contribution in [2.75, 3.05) is 0 Å². The maximum absolute atomic E-state index is 13.7. The average Bonchev–Trinajstić information content (AvgIpc) is 2.90. The molecule has 3 aromatic carbocycles. The molecule has 1 unspecified atom stereocenters. The summed E-state index contributed by atoms with van der Waals surface area (Å²) in [5.41, 5.74) is 1.86. The molecule has 1 heterocycles. The number of rotatable bonds is 8. The van der Waals surface area contributed by atoms with Gasteiger partial charge in [0.1, 0.15) is 5.92 Å². The summed E-state index contributed by atoms with van der Waals surface area (Å²) in [7, 11) is 0. The van der Waals surface area contributed by atoms with Crippen LogP contribution in [0, 0.1) is 5.92 Å². The van der Waals surface area contributed by atoms with Crippen molar-refractivity contribution < 1.29 is 14.4 Å². The predicted octanol–water partition coefficient (Wildman–Crippen LogP) is 4.93. The number of amides is 1. The van der Waals surface area contributed by atoms with Crippen molar-refractivity contribution in [3.63, 3.8) is 0 Å². The molecule has 0 aliphatic rings. The number of benzene rings is 3. The van der Waals surface area contributed by atoms with Crippen LogP contribution in [-0.2, 0) is 0 Å². The third kappa shape index (κ3) is 5.10. The van der Waals surface area contributed by atoms with Crippen LogP contribution in [0.1, 0.15) is 42.7 Å². The van der Waals surface area contributed by atoms with E-state index in [1.54, 1.807) is 97.3 Å². The second kappa shape index (κ2) is 10.3. The van der Waals surface area contributed by atoms with Crippen molar-refractivity contribution in [2.24, 2.45) is 5.92 Å². The van der Waals surface area contributed by atoms with Crippen LogP contribution in [0.5, 0.6) is 0 Å². The minimum atomic E-state index is -1.16. The highest BCUT2D eigenvalue weighted by molar-refractivity contribution is 6.17. The Hall–Kier alpha value is -4.38. The number of carbonyl (C=O) groups is 3. The Morgan fingerprint density at radius 2 is 1.00 bits per heavy atom. The van der Waals surface area contributed by atoms with E-state index < -0.39 is 12.0 Å². The zero-order valence-electron chi connectivity index (χ0n) is 17.8. The molecule has 4 aromatic rings. The molecule has 4 rings (SSSR count). The van der Waals surface area contributed by atoms with Crippen molar-refractivity contribution in [1.82, 2.24) is 10.3 Å². The van der Waals surface area contributed by atoms with E-state index in [0.29, 0.717) is 22.3 Å². The van der Waals surface area contributed by atoms with Gasteiger partial charge in [0.2, 0.25) is 0 Å². The number of pyridine rings is 1. The molecular formula is C28H22N2O3. The molecule has 0 spiro atoms. The smallest absolute Gasteiger partial charge is 0.251 e. The molecule has 1 atom stereocenters. The van der Waals surface area contributed by atoms with Crippen LogP contribution in [-0.4, -0.2) is 22.5 Å². The standard InChI is InChI=1S/C28H22N2O3/c31-26(21-10-4-1-5-11-21)24(27(32)22-12-6-2-7-13-22)25(20-16-18-29-19-17-20)30-28(33)23-14-8-3-9-15-23/h1-19,24-25H,(H,30,33). The van der Waals surface area contributed by atoms with Gasteiger partial charge in [-0.15, -0.1) is 0 Å². The molecule has 5 heteroatoms. The van der Waals surface area contributed by atoms with Crippen molar-refractivity contribution in [3.05, 3.63) is 138 Å². The highest BCUT2D eigenvalue weighted by Crippen LogP contribution is 2.29. The summed E-state index contributed by atoms with van der Waals surface area (Å²) in [6.07, 6.45) is 3.15. The van der Waals surface area contributed by atoms with Gasteiger partial charge in [0.05, 0.1) is 6.04 Å². The summed E-state index contributed by atoms with van der Waals surface area (Å²) < 4.78 is 0. The molecule has 162 valence electrons. The van der Waals surface area contributed by atoms with Crippen LogP contribution < -0.4 is 5.32 Å². The molecule has 33 heavy (non-hydrogen) atoms.